The van der Waals surface area contributed by atoms with Crippen LogP contribution in [0.5, 0.6) is 5.75 Å². The Labute approximate surface area is 126 Å². The van der Waals surface area contributed by atoms with E-state index in [0.29, 0.717) is 28.0 Å². The molecule has 0 saturated carbocycles. The maximum atomic E-state index is 11.9. The van der Waals surface area contributed by atoms with E-state index in [-0.39, 0.29) is 13.0 Å². The summed E-state index contributed by atoms with van der Waals surface area (Å²) < 4.78 is 33.7. The summed E-state index contributed by atoms with van der Waals surface area (Å²) in [6.45, 7) is 1.61. The van der Waals surface area contributed by atoms with Gasteiger partial charge in [-0.3, -0.25) is 0 Å². The van der Waals surface area contributed by atoms with Gasteiger partial charge in [-0.25, -0.2) is 8.78 Å². The Morgan fingerprint density at radius 1 is 1.25 bits per heavy atom. The van der Waals surface area contributed by atoms with Crippen LogP contribution in [0.25, 0.3) is 0 Å². The molecule has 1 atom stereocenters. The van der Waals surface area contributed by atoms with Gasteiger partial charge < -0.3 is 14.6 Å². The highest BCUT2D eigenvalue weighted by Crippen LogP contribution is 2.35. The molecule has 1 aromatic carbocycles. The zero-order valence-corrected chi connectivity index (χ0v) is 12.4. The van der Waals surface area contributed by atoms with E-state index in [2.05, 4.69) is 0 Å². The summed E-state index contributed by atoms with van der Waals surface area (Å²) in [6, 6.07) is 3.03. The molecule has 114 valence electrons. The van der Waals surface area contributed by atoms with E-state index >= 15 is 0 Å². The molecule has 1 unspecified atom stereocenters. The van der Waals surface area contributed by atoms with Crippen LogP contribution in [-0.4, -0.2) is 31.4 Å². The maximum absolute atomic E-state index is 11.9. The number of hydrogen-bond donors (Lipinski definition) is 1. The van der Waals surface area contributed by atoms with E-state index in [9.17, 15) is 13.9 Å². The summed E-state index contributed by atoms with van der Waals surface area (Å²) in [4.78, 5) is 0. The van der Waals surface area contributed by atoms with E-state index in [1.165, 1.54) is 12.1 Å². The average Bonchev–Trinajstić information content (AvgIpc) is 2.38. The molecule has 3 nitrogen and oxygen atoms in total. The average molecular weight is 329 g/mol. The molecule has 1 N–H and O–H groups in total. The van der Waals surface area contributed by atoms with Crippen molar-refractivity contribution in [2.45, 2.75) is 25.9 Å². The van der Waals surface area contributed by atoms with E-state index in [1.54, 1.807) is 0 Å². The van der Waals surface area contributed by atoms with Crippen molar-refractivity contribution in [3.63, 3.8) is 0 Å². The van der Waals surface area contributed by atoms with Crippen LogP contribution in [0.15, 0.2) is 12.1 Å². The lowest BCUT2D eigenvalue weighted by atomic mass is 10.1. The van der Waals surface area contributed by atoms with Crippen molar-refractivity contribution >= 4 is 23.2 Å². The second kappa shape index (κ2) is 8.62. The van der Waals surface area contributed by atoms with Crippen LogP contribution >= 0.6 is 23.2 Å². The lowest BCUT2D eigenvalue weighted by molar-refractivity contribution is 0.00482. The minimum Gasteiger partial charge on any atom is -0.492 e. The number of ether oxygens (including phenoxy) is 2. The summed E-state index contributed by atoms with van der Waals surface area (Å²) in [5, 5.41) is 10.6. The van der Waals surface area contributed by atoms with E-state index < -0.39 is 19.1 Å². The highest BCUT2D eigenvalue weighted by Gasteiger charge is 2.15. The second-order valence-electron chi connectivity index (χ2n) is 4.01. The zero-order chi connectivity index (χ0) is 15.1. The van der Waals surface area contributed by atoms with Crippen molar-refractivity contribution in [3.05, 3.63) is 27.7 Å². The van der Waals surface area contributed by atoms with Crippen LogP contribution in [0.4, 0.5) is 8.78 Å². The molecule has 0 aliphatic rings. The lowest BCUT2D eigenvalue weighted by Crippen LogP contribution is -2.09. The Balaban J connectivity index is 2.63. The fourth-order valence-electron chi connectivity index (χ4n) is 1.59. The number of hydrogen-bond acceptors (Lipinski definition) is 3. The zero-order valence-electron chi connectivity index (χ0n) is 10.9. The van der Waals surface area contributed by atoms with Gasteiger partial charge in [0.05, 0.1) is 22.8 Å². The SMILES string of the molecule is CCOc1cc(Cl)c(C(O)CCOCC(F)F)cc1Cl. The Morgan fingerprint density at radius 2 is 1.95 bits per heavy atom. The maximum Gasteiger partial charge on any atom is 0.261 e. The van der Waals surface area contributed by atoms with Crippen molar-refractivity contribution in [1.82, 2.24) is 0 Å². The van der Waals surface area contributed by atoms with Crippen LogP contribution in [0.1, 0.15) is 25.0 Å². The minimum atomic E-state index is -2.52. The van der Waals surface area contributed by atoms with Crippen LogP contribution in [-0.2, 0) is 4.74 Å². The molecule has 0 fully saturated rings. The standard InChI is InChI=1S/C13H16Cl2F2O3/c1-2-20-12-6-9(14)8(5-10(12)15)11(18)3-4-19-7-13(16)17/h5-6,11,13,18H,2-4,7H2,1H3. The first-order valence-electron chi connectivity index (χ1n) is 6.11. The lowest BCUT2D eigenvalue weighted by Gasteiger charge is -2.15. The van der Waals surface area contributed by atoms with E-state index in [4.69, 9.17) is 32.7 Å². The highest BCUT2D eigenvalue weighted by molar-refractivity contribution is 6.34. The smallest absolute Gasteiger partial charge is 0.261 e. The third kappa shape index (κ3) is 5.40. The third-order valence-electron chi connectivity index (χ3n) is 2.49. The van der Waals surface area contributed by atoms with Crippen molar-refractivity contribution in [2.75, 3.05) is 19.8 Å². The molecule has 20 heavy (non-hydrogen) atoms. The fourth-order valence-corrected chi connectivity index (χ4v) is 2.09. The van der Waals surface area contributed by atoms with Gasteiger partial charge in [-0.1, -0.05) is 23.2 Å². The number of alkyl halides is 2. The molecule has 0 heterocycles. The van der Waals surface area contributed by atoms with Crippen LogP contribution in [0.3, 0.4) is 0 Å². The second-order valence-corrected chi connectivity index (χ2v) is 4.82. The Morgan fingerprint density at radius 3 is 2.55 bits per heavy atom. The first-order valence-corrected chi connectivity index (χ1v) is 6.87. The largest absolute Gasteiger partial charge is 0.492 e. The first kappa shape index (κ1) is 17.4. The molecule has 0 amide bonds. The molecule has 0 saturated heterocycles. The Bertz CT molecular complexity index is 430. The molecule has 1 aromatic rings. The molecule has 7 heteroatoms. The molecule has 0 aliphatic heterocycles. The summed E-state index contributed by atoms with van der Waals surface area (Å²) in [6.07, 6.45) is -3.31. The highest BCUT2D eigenvalue weighted by atomic mass is 35.5. The van der Waals surface area contributed by atoms with Gasteiger partial charge in [0.15, 0.2) is 0 Å². The van der Waals surface area contributed by atoms with Crippen LogP contribution < -0.4 is 4.74 Å². The molecule has 0 aliphatic carbocycles. The molecule has 0 radical (unpaired) electrons. The minimum absolute atomic E-state index is 0.00661. The van der Waals surface area contributed by atoms with Crippen LogP contribution in [0, 0.1) is 0 Å². The Hall–Kier alpha value is -0.620. The number of aliphatic hydroxyl groups is 1. The molecule has 1 rings (SSSR count). The fraction of sp³-hybridized carbons (Fsp3) is 0.538. The van der Waals surface area contributed by atoms with Crippen molar-refractivity contribution < 1.29 is 23.4 Å². The summed E-state index contributed by atoms with van der Waals surface area (Å²) >= 11 is 12.0. The monoisotopic (exact) mass is 328 g/mol. The van der Waals surface area contributed by atoms with Crippen molar-refractivity contribution in [3.8, 4) is 5.75 Å². The van der Waals surface area contributed by atoms with Gasteiger partial charge in [0, 0.05) is 24.7 Å². The Kier molecular flexibility index (Phi) is 7.51. The van der Waals surface area contributed by atoms with Gasteiger partial charge in [0.25, 0.3) is 6.43 Å². The number of halogens is 4. The van der Waals surface area contributed by atoms with Gasteiger partial charge in [-0.2, -0.15) is 0 Å². The molecular weight excluding hydrogens is 313 g/mol. The molecule has 0 spiro atoms. The number of rotatable bonds is 8. The van der Waals surface area contributed by atoms with Crippen LogP contribution in [0.2, 0.25) is 10.0 Å². The number of aliphatic hydroxyl groups excluding tert-OH is 1. The summed E-state index contributed by atoms with van der Waals surface area (Å²) in [5.74, 6) is 0.434. The molecule has 0 aromatic heterocycles. The summed E-state index contributed by atoms with van der Waals surface area (Å²) in [7, 11) is 0. The van der Waals surface area contributed by atoms with E-state index in [0.717, 1.165) is 0 Å². The third-order valence-corrected chi connectivity index (χ3v) is 3.11. The predicted octanol–water partition coefficient (Wildman–Crippen LogP) is 4.10. The van der Waals surface area contributed by atoms with Gasteiger partial charge in [0.1, 0.15) is 12.4 Å². The van der Waals surface area contributed by atoms with E-state index in [1.807, 2.05) is 6.92 Å². The predicted molar refractivity (Wildman–Crippen MR) is 74.0 cm³/mol. The van der Waals surface area contributed by atoms with Crippen molar-refractivity contribution in [1.29, 1.82) is 0 Å². The number of benzene rings is 1. The topological polar surface area (TPSA) is 38.7 Å². The quantitative estimate of drug-likeness (QED) is 0.730. The summed E-state index contributed by atoms with van der Waals surface area (Å²) in [5.41, 5.74) is 0.417. The van der Waals surface area contributed by atoms with Crippen molar-refractivity contribution in [2.24, 2.45) is 0 Å². The normalized spacial score (nSPS) is 12.8. The molecular formula is C13H16Cl2F2O3. The van der Waals surface area contributed by atoms with Gasteiger partial charge in [-0.15, -0.1) is 0 Å². The van der Waals surface area contributed by atoms with Gasteiger partial charge in [-0.05, 0) is 13.0 Å². The van der Waals surface area contributed by atoms with Gasteiger partial charge >= 0.3 is 0 Å². The first-order chi connectivity index (χ1) is 9.45. The molecule has 0 bridgehead atoms. The van der Waals surface area contributed by atoms with Gasteiger partial charge in [0.2, 0.25) is 0 Å².